The molecular formula is C32H39N3O4S. The van der Waals surface area contributed by atoms with E-state index in [1.165, 1.54) is 16.4 Å². The second kappa shape index (κ2) is 13.6. The van der Waals surface area contributed by atoms with Crippen LogP contribution in [0.5, 0.6) is 0 Å². The van der Waals surface area contributed by atoms with Crippen LogP contribution < -0.4 is 9.62 Å². The highest BCUT2D eigenvalue weighted by Crippen LogP contribution is 2.28. The van der Waals surface area contributed by atoms with Crippen LogP contribution in [0.4, 0.5) is 5.69 Å². The topological polar surface area (TPSA) is 86.8 Å². The minimum absolute atomic E-state index is 0.106. The monoisotopic (exact) mass is 561 g/mol. The van der Waals surface area contributed by atoms with Crippen molar-refractivity contribution >= 4 is 27.5 Å². The molecule has 7 nitrogen and oxygen atoms in total. The Morgan fingerprint density at radius 2 is 1.48 bits per heavy atom. The Morgan fingerprint density at radius 3 is 2.10 bits per heavy atom. The highest BCUT2D eigenvalue weighted by atomic mass is 32.2. The first-order valence-electron chi connectivity index (χ1n) is 14.1. The van der Waals surface area contributed by atoms with Gasteiger partial charge in [0.25, 0.3) is 10.0 Å². The number of sulfonamides is 1. The molecule has 0 radical (unpaired) electrons. The molecule has 0 bridgehead atoms. The molecule has 212 valence electrons. The SMILES string of the molecule is CCc1ccccc1N(CC(=O)N(Cc1ccccc1)C(CC)C(=O)NC1CCCC1)S(=O)(=O)c1ccccc1. The summed E-state index contributed by atoms with van der Waals surface area (Å²) in [6, 6.07) is 24.3. The van der Waals surface area contributed by atoms with Crippen LogP contribution in [0.1, 0.15) is 57.1 Å². The molecule has 0 spiro atoms. The van der Waals surface area contributed by atoms with Gasteiger partial charge in [-0.3, -0.25) is 13.9 Å². The van der Waals surface area contributed by atoms with Crippen molar-refractivity contribution in [2.45, 2.75) is 75.9 Å². The Bertz CT molecular complexity index is 1370. The molecule has 1 N–H and O–H groups in total. The molecule has 3 aromatic rings. The van der Waals surface area contributed by atoms with Gasteiger partial charge in [0.2, 0.25) is 11.8 Å². The van der Waals surface area contributed by atoms with Crippen molar-refractivity contribution in [3.05, 3.63) is 96.1 Å². The van der Waals surface area contributed by atoms with E-state index in [0.717, 1.165) is 36.8 Å². The number of aryl methyl sites for hydroxylation is 1. The zero-order valence-electron chi connectivity index (χ0n) is 23.3. The van der Waals surface area contributed by atoms with E-state index in [0.29, 0.717) is 18.5 Å². The fourth-order valence-electron chi connectivity index (χ4n) is 5.35. The standard InChI is InChI=1S/C32H39N3O4S/c1-3-26-17-11-14-22-30(26)35(40(38,39)28-20-9-6-10-21-28)24-31(36)34(23-25-15-7-5-8-16-25)29(4-2)32(37)33-27-18-12-13-19-27/h5-11,14-17,20-22,27,29H,3-4,12-13,18-19,23-24H2,1-2H3,(H,33,37). The highest BCUT2D eigenvalue weighted by molar-refractivity contribution is 7.92. The summed E-state index contributed by atoms with van der Waals surface area (Å²) in [7, 11) is -4.07. The van der Waals surface area contributed by atoms with Gasteiger partial charge in [0, 0.05) is 12.6 Å². The Balaban J connectivity index is 1.72. The maximum absolute atomic E-state index is 14.2. The van der Waals surface area contributed by atoms with Gasteiger partial charge in [0.05, 0.1) is 10.6 Å². The molecule has 0 heterocycles. The Hall–Kier alpha value is -3.65. The predicted octanol–water partition coefficient (Wildman–Crippen LogP) is 5.31. The first kappa shape index (κ1) is 29.3. The van der Waals surface area contributed by atoms with E-state index in [9.17, 15) is 18.0 Å². The van der Waals surface area contributed by atoms with E-state index in [-0.39, 0.29) is 23.4 Å². The van der Waals surface area contributed by atoms with Crippen LogP contribution in [0.25, 0.3) is 0 Å². The number of nitrogens with one attached hydrogen (secondary N) is 1. The molecule has 1 unspecified atom stereocenters. The van der Waals surface area contributed by atoms with Crippen molar-refractivity contribution in [2.24, 2.45) is 0 Å². The summed E-state index contributed by atoms with van der Waals surface area (Å²) in [6.07, 6.45) is 5.04. The number of hydrogen-bond donors (Lipinski definition) is 1. The summed E-state index contributed by atoms with van der Waals surface area (Å²) in [5.41, 5.74) is 2.15. The van der Waals surface area contributed by atoms with Crippen LogP contribution in [0.15, 0.2) is 89.8 Å². The van der Waals surface area contributed by atoms with Crippen molar-refractivity contribution in [3.8, 4) is 0 Å². The molecule has 1 aliphatic rings. The van der Waals surface area contributed by atoms with E-state index in [4.69, 9.17) is 0 Å². The van der Waals surface area contributed by atoms with E-state index in [1.807, 2.05) is 56.3 Å². The highest BCUT2D eigenvalue weighted by Gasteiger charge is 2.35. The molecule has 3 aromatic carbocycles. The first-order valence-corrected chi connectivity index (χ1v) is 15.6. The molecule has 2 amide bonds. The molecular weight excluding hydrogens is 522 g/mol. The van der Waals surface area contributed by atoms with Crippen LogP contribution in [0.3, 0.4) is 0 Å². The quantitative estimate of drug-likeness (QED) is 0.325. The molecule has 1 aliphatic carbocycles. The van der Waals surface area contributed by atoms with Gasteiger partial charge in [0.1, 0.15) is 12.6 Å². The average Bonchev–Trinajstić information content (AvgIpc) is 3.49. The third-order valence-corrected chi connectivity index (χ3v) is 9.31. The summed E-state index contributed by atoms with van der Waals surface area (Å²) < 4.78 is 29.2. The predicted molar refractivity (Wildman–Crippen MR) is 158 cm³/mol. The van der Waals surface area contributed by atoms with Gasteiger partial charge in [-0.1, -0.05) is 93.4 Å². The normalized spacial score (nSPS) is 14.4. The summed E-state index contributed by atoms with van der Waals surface area (Å²) in [5, 5.41) is 3.15. The van der Waals surface area contributed by atoms with Crippen LogP contribution in [-0.4, -0.2) is 43.8 Å². The maximum atomic E-state index is 14.2. The van der Waals surface area contributed by atoms with Gasteiger partial charge in [-0.25, -0.2) is 8.42 Å². The van der Waals surface area contributed by atoms with Crippen LogP contribution in [-0.2, 0) is 32.6 Å². The van der Waals surface area contributed by atoms with Gasteiger partial charge >= 0.3 is 0 Å². The largest absolute Gasteiger partial charge is 0.352 e. The maximum Gasteiger partial charge on any atom is 0.264 e. The molecule has 0 aromatic heterocycles. The lowest BCUT2D eigenvalue weighted by Crippen LogP contribution is -2.53. The van der Waals surface area contributed by atoms with Gasteiger partial charge in [0.15, 0.2) is 0 Å². The zero-order chi connectivity index (χ0) is 28.5. The van der Waals surface area contributed by atoms with Gasteiger partial charge in [-0.2, -0.15) is 0 Å². The summed E-state index contributed by atoms with van der Waals surface area (Å²) in [6.45, 7) is 3.62. The number of benzene rings is 3. The lowest BCUT2D eigenvalue weighted by Gasteiger charge is -2.34. The van der Waals surface area contributed by atoms with E-state index in [2.05, 4.69) is 5.32 Å². The summed E-state index contributed by atoms with van der Waals surface area (Å²) in [5.74, 6) is -0.618. The van der Waals surface area contributed by atoms with Gasteiger partial charge in [-0.05, 0) is 55.0 Å². The third kappa shape index (κ3) is 6.91. The average molecular weight is 562 g/mol. The number of rotatable bonds is 12. The summed E-state index contributed by atoms with van der Waals surface area (Å²) >= 11 is 0. The number of para-hydroxylation sites is 1. The first-order chi connectivity index (χ1) is 19.3. The van der Waals surface area contributed by atoms with Crippen molar-refractivity contribution in [3.63, 3.8) is 0 Å². The fourth-order valence-corrected chi connectivity index (χ4v) is 6.83. The van der Waals surface area contributed by atoms with Crippen molar-refractivity contribution in [1.29, 1.82) is 0 Å². The van der Waals surface area contributed by atoms with E-state index in [1.54, 1.807) is 35.2 Å². The molecule has 0 saturated heterocycles. The fraction of sp³-hybridized carbons (Fsp3) is 0.375. The molecule has 4 rings (SSSR count). The summed E-state index contributed by atoms with van der Waals surface area (Å²) in [4.78, 5) is 29.3. The van der Waals surface area contributed by atoms with E-state index >= 15 is 0 Å². The van der Waals surface area contributed by atoms with Crippen LogP contribution in [0.2, 0.25) is 0 Å². The number of carbonyl (C=O) groups excluding carboxylic acids is 2. The Labute approximate surface area is 238 Å². The third-order valence-electron chi connectivity index (χ3n) is 7.53. The zero-order valence-corrected chi connectivity index (χ0v) is 24.1. The number of carbonyl (C=O) groups is 2. The van der Waals surface area contributed by atoms with Crippen LogP contribution >= 0.6 is 0 Å². The second-order valence-corrected chi connectivity index (χ2v) is 12.1. The molecule has 0 aliphatic heterocycles. The minimum atomic E-state index is -4.07. The molecule has 1 saturated carbocycles. The molecule has 1 atom stereocenters. The lowest BCUT2D eigenvalue weighted by molar-refractivity contribution is -0.140. The van der Waals surface area contributed by atoms with E-state index < -0.39 is 28.5 Å². The minimum Gasteiger partial charge on any atom is -0.352 e. The Kier molecular flexibility index (Phi) is 9.98. The molecule has 8 heteroatoms. The number of nitrogens with zero attached hydrogens (tertiary/aromatic N) is 2. The number of anilines is 1. The second-order valence-electron chi connectivity index (χ2n) is 10.2. The van der Waals surface area contributed by atoms with Crippen LogP contribution in [0, 0.1) is 0 Å². The number of amides is 2. The van der Waals surface area contributed by atoms with Crippen molar-refractivity contribution < 1.29 is 18.0 Å². The van der Waals surface area contributed by atoms with Gasteiger partial charge < -0.3 is 10.2 Å². The molecule has 40 heavy (non-hydrogen) atoms. The van der Waals surface area contributed by atoms with Crippen molar-refractivity contribution in [2.75, 3.05) is 10.8 Å². The smallest absolute Gasteiger partial charge is 0.264 e. The lowest BCUT2D eigenvalue weighted by atomic mass is 10.1. The van der Waals surface area contributed by atoms with Gasteiger partial charge in [-0.15, -0.1) is 0 Å². The van der Waals surface area contributed by atoms with Crippen molar-refractivity contribution in [1.82, 2.24) is 10.2 Å². The number of hydrogen-bond acceptors (Lipinski definition) is 4. The Morgan fingerprint density at radius 1 is 0.875 bits per heavy atom. The molecule has 1 fully saturated rings.